The van der Waals surface area contributed by atoms with Crippen LogP contribution in [0.4, 0.5) is 0 Å². The molecule has 0 spiro atoms. The summed E-state index contributed by atoms with van der Waals surface area (Å²) in [6.07, 6.45) is 1.72. The number of piperidine rings is 1. The van der Waals surface area contributed by atoms with E-state index in [1.807, 2.05) is 0 Å². The zero-order valence-corrected chi connectivity index (χ0v) is 12.7. The minimum atomic E-state index is -0.178. The molecule has 0 aliphatic carbocycles. The number of hydrogen-bond donors (Lipinski definition) is 2. The van der Waals surface area contributed by atoms with Gasteiger partial charge in [0.2, 0.25) is 5.91 Å². The molecule has 1 saturated heterocycles. The molecule has 0 saturated carbocycles. The molecule has 1 fully saturated rings. The van der Waals surface area contributed by atoms with E-state index in [1.54, 1.807) is 18.2 Å². The van der Waals surface area contributed by atoms with Crippen LogP contribution in [0.2, 0.25) is 10.0 Å². The third-order valence-electron chi connectivity index (χ3n) is 3.72. The molecular weight excluding hydrogens is 299 g/mol. The second-order valence-electron chi connectivity index (χ2n) is 5.08. The Morgan fingerprint density at radius 2 is 1.90 bits per heavy atom. The third kappa shape index (κ3) is 4.01. The van der Waals surface area contributed by atoms with Gasteiger partial charge in [0.25, 0.3) is 0 Å². The zero-order chi connectivity index (χ0) is 14.5. The number of halogens is 2. The number of carbonyl (C=O) groups excluding carboxylic acids is 1. The molecule has 20 heavy (non-hydrogen) atoms. The van der Waals surface area contributed by atoms with Crippen molar-refractivity contribution in [1.82, 2.24) is 0 Å². The van der Waals surface area contributed by atoms with Gasteiger partial charge in [0.05, 0.1) is 23.1 Å². The van der Waals surface area contributed by atoms with Crippen LogP contribution in [0.25, 0.3) is 0 Å². The second kappa shape index (κ2) is 7.16. The molecule has 0 unspecified atom stereocenters. The summed E-state index contributed by atoms with van der Waals surface area (Å²) in [4.78, 5) is 12.5. The fraction of sp³-hybridized carbons (Fsp3) is 0.500. The Balaban J connectivity index is 1.76. The number of carbonyl (C=O) groups is 1. The van der Waals surface area contributed by atoms with E-state index in [-0.39, 0.29) is 11.8 Å². The number of hydrogen-bond acceptors (Lipinski definition) is 2. The minimum absolute atomic E-state index is 0.0395. The molecule has 1 aromatic carbocycles. The van der Waals surface area contributed by atoms with E-state index in [0.29, 0.717) is 22.4 Å². The van der Waals surface area contributed by atoms with Crippen molar-refractivity contribution in [1.29, 1.82) is 0 Å². The smallest absolute Gasteiger partial charge is 0.220 e. The Bertz CT molecular complexity index is 454. The highest BCUT2D eigenvalue weighted by Gasteiger charge is 2.25. The highest BCUT2D eigenvalue weighted by Crippen LogP contribution is 2.32. The molecule has 6 heteroatoms. The van der Waals surface area contributed by atoms with Crippen molar-refractivity contribution in [3.63, 3.8) is 0 Å². The topological polar surface area (TPSA) is 56.8 Å². The quantitative estimate of drug-likeness (QED) is 0.856. The molecule has 1 aromatic rings. The van der Waals surface area contributed by atoms with Crippen molar-refractivity contribution < 1.29 is 14.4 Å². The molecule has 3 N–H and O–H groups in total. The van der Waals surface area contributed by atoms with E-state index in [0.717, 1.165) is 32.5 Å². The predicted molar refractivity (Wildman–Crippen MR) is 79.4 cm³/mol. The number of rotatable bonds is 5. The molecule has 0 aromatic heterocycles. The maximum Gasteiger partial charge on any atom is 0.220 e. The fourth-order valence-corrected chi connectivity index (χ4v) is 2.98. The van der Waals surface area contributed by atoms with E-state index in [4.69, 9.17) is 33.7 Å². The van der Waals surface area contributed by atoms with Crippen LogP contribution in [0, 0.1) is 5.92 Å². The van der Waals surface area contributed by atoms with Gasteiger partial charge in [0.15, 0.2) is 5.75 Å². The number of nitrogens with two attached hydrogens (primary N) is 1. The van der Waals surface area contributed by atoms with Crippen LogP contribution in [0.15, 0.2) is 18.2 Å². The van der Waals surface area contributed by atoms with Gasteiger partial charge in [-0.05, 0) is 12.1 Å². The summed E-state index contributed by atoms with van der Waals surface area (Å²) < 4.78 is 5.67. The predicted octanol–water partition coefficient (Wildman–Crippen LogP) is 1.15. The minimum Gasteiger partial charge on any atom is -0.485 e. The van der Waals surface area contributed by atoms with E-state index in [9.17, 15) is 4.79 Å². The van der Waals surface area contributed by atoms with E-state index in [2.05, 4.69) is 0 Å². The normalized spacial score (nSPS) is 22.5. The highest BCUT2D eigenvalue weighted by atomic mass is 35.5. The monoisotopic (exact) mass is 317 g/mol. The van der Waals surface area contributed by atoms with Gasteiger partial charge in [-0.15, -0.1) is 0 Å². The van der Waals surface area contributed by atoms with Gasteiger partial charge in [-0.2, -0.15) is 0 Å². The van der Waals surface area contributed by atoms with Crippen LogP contribution >= 0.6 is 23.2 Å². The largest absolute Gasteiger partial charge is 0.485 e. The molecule has 0 bridgehead atoms. The average molecular weight is 318 g/mol. The number of nitrogens with one attached hydrogen (secondary N) is 1. The molecule has 0 radical (unpaired) electrons. The van der Waals surface area contributed by atoms with Crippen molar-refractivity contribution in [2.24, 2.45) is 11.7 Å². The lowest BCUT2D eigenvalue weighted by atomic mass is 9.96. The summed E-state index contributed by atoms with van der Waals surface area (Å²) in [7, 11) is 0. The molecule has 1 amide bonds. The van der Waals surface area contributed by atoms with Gasteiger partial charge in [-0.25, -0.2) is 0 Å². The number of para-hydroxylation sites is 1. The lowest BCUT2D eigenvalue weighted by molar-refractivity contribution is -0.905. The van der Waals surface area contributed by atoms with Crippen LogP contribution in [-0.4, -0.2) is 32.1 Å². The van der Waals surface area contributed by atoms with Crippen LogP contribution in [0.3, 0.4) is 0 Å². The summed E-state index contributed by atoms with van der Waals surface area (Å²) in [5.41, 5.74) is 5.32. The maximum absolute atomic E-state index is 11.1. The van der Waals surface area contributed by atoms with Crippen LogP contribution < -0.4 is 15.4 Å². The summed E-state index contributed by atoms with van der Waals surface area (Å²) in [6.45, 7) is 3.33. The van der Waals surface area contributed by atoms with Crippen LogP contribution in [0.5, 0.6) is 5.75 Å². The van der Waals surface area contributed by atoms with Crippen molar-refractivity contribution in [2.45, 2.75) is 12.8 Å². The molecule has 1 aliphatic rings. The van der Waals surface area contributed by atoms with E-state index >= 15 is 0 Å². The first-order chi connectivity index (χ1) is 9.58. The molecule has 2 rings (SSSR count). The first-order valence-corrected chi connectivity index (χ1v) is 7.53. The Hall–Kier alpha value is -0.970. The molecule has 0 atom stereocenters. The molecule has 1 aliphatic heterocycles. The van der Waals surface area contributed by atoms with Crippen molar-refractivity contribution in [3.05, 3.63) is 28.2 Å². The van der Waals surface area contributed by atoms with Gasteiger partial charge < -0.3 is 15.4 Å². The van der Waals surface area contributed by atoms with Crippen molar-refractivity contribution >= 4 is 29.1 Å². The number of ether oxygens (including phenoxy) is 1. The molecule has 1 heterocycles. The number of primary amides is 1. The van der Waals surface area contributed by atoms with Gasteiger partial charge in [-0.1, -0.05) is 29.3 Å². The lowest BCUT2D eigenvalue weighted by Crippen LogP contribution is -3.13. The molecule has 110 valence electrons. The molecular formula is C14H19Cl2N2O2+. The summed E-state index contributed by atoms with van der Waals surface area (Å²) >= 11 is 12.1. The zero-order valence-electron chi connectivity index (χ0n) is 11.2. The first-order valence-electron chi connectivity index (χ1n) is 6.77. The summed E-state index contributed by atoms with van der Waals surface area (Å²) in [5, 5.41) is 1.06. The maximum atomic E-state index is 11.1. The lowest BCUT2D eigenvalue weighted by Gasteiger charge is -2.27. The summed E-state index contributed by atoms with van der Waals surface area (Å²) in [5.74, 6) is 0.406. The SMILES string of the molecule is NC(=O)C1CC[NH+](CCOc2c(Cl)cccc2Cl)CC1. The number of quaternary nitrogens is 1. The van der Waals surface area contributed by atoms with Crippen LogP contribution in [0.1, 0.15) is 12.8 Å². The van der Waals surface area contributed by atoms with E-state index in [1.165, 1.54) is 4.90 Å². The van der Waals surface area contributed by atoms with E-state index < -0.39 is 0 Å². The van der Waals surface area contributed by atoms with Gasteiger partial charge in [-0.3, -0.25) is 4.79 Å². The third-order valence-corrected chi connectivity index (χ3v) is 4.31. The fourth-order valence-electron chi connectivity index (χ4n) is 2.48. The Kier molecular flexibility index (Phi) is 5.52. The molecule has 4 nitrogen and oxygen atoms in total. The van der Waals surface area contributed by atoms with Crippen molar-refractivity contribution in [2.75, 3.05) is 26.2 Å². The Morgan fingerprint density at radius 3 is 2.45 bits per heavy atom. The van der Waals surface area contributed by atoms with Gasteiger partial charge >= 0.3 is 0 Å². The Morgan fingerprint density at radius 1 is 1.30 bits per heavy atom. The number of amides is 1. The highest BCUT2D eigenvalue weighted by molar-refractivity contribution is 6.37. The van der Waals surface area contributed by atoms with Crippen LogP contribution in [-0.2, 0) is 4.79 Å². The van der Waals surface area contributed by atoms with Gasteiger partial charge in [0.1, 0.15) is 13.2 Å². The number of likely N-dealkylation sites (tertiary alicyclic amines) is 1. The van der Waals surface area contributed by atoms with Gasteiger partial charge in [0, 0.05) is 18.8 Å². The average Bonchev–Trinajstić information content (AvgIpc) is 2.42. The summed E-state index contributed by atoms with van der Waals surface area (Å²) in [6, 6.07) is 5.30. The second-order valence-corrected chi connectivity index (χ2v) is 5.89. The first kappa shape index (κ1) is 15.4. The number of benzene rings is 1. The van der Waals surface area contributed by atoms with Crippen molar-refractivity contribution in [3.8, 4) is 5.75 Å². The Labute approximate surface area is 128 Å². The standard InChI is InChI=1S/C14H18Cl2N2O2/c15-11-2-1-3-12(16)13(11)20-9-8-18-6-4-10(5-7-18)14(17)19/h1-3,10H,4-9H2,(H2,17,19)/p+1.